The highest BCUT2D eigenvalue weighted by Crippen LogP contribution is 2.16. The van der Waals surface area contributed by atoms with Crippen LogP contribution in [0.1, 0.15) is 38.8 Å². The van der Waals surface area contributed by atoms with Crippen LogP contribution in [0, 0.1) is 0 Å². The zero-order chi connectivity index (χ0) is 13.5. The van der Waals surface area contributed by atoms with E-state index >= 15 is 0 Å². The second kappa shape index (κ2) is 7.54. The first-order chi connectivity index (χ1) is 8.52. The van der Waals surface area contributed by atoms with Crippen molar-refractivity contribution in [1.82, 2.24) is 10.6 Å². The maximum absolute atomic E-state index is 11.8. The molecule has 0 radical (unpaired) electrons. The van der Waals surface area contributed by atoms with Crippen molar-refractivity contribution >= 4 is 21.8 Å². The van der Waals surface area contributed by atoms with Crippen LogP contribution in [0.15, 0.2) is 28.7 Å². The molecule has 0 spiro atoms. The van der Waals surface area contributed by atoms with Gasteiger partial charge in [-0.05, 0) is 38.1 Å². The van der Waals surface area contributed by atoms with Crippen LogP contribution in [-0.2, 0) is 4.79 Å². The fourth-order valence-corrected chi connectivity index (χ4v) is 2.10. The average molecular weight is 313 g/mol. The Morgan fingerprint density at radius 1 is 1.28 bits per heavy atom. The van der Waals surface area contributed by atoms with Gasteiger partial charge in [0.2, 0.25) is 5.91 Å². The molecule has 0 fully saturated rings. The molecular formula is C14H21BrN2O. The third kappa shape index (κ3) is 5.19. The number of benzene rings is 1. The summed E-state index contributed by atoms with van der Waals surface area (Å²) in [6, 6.07) is 8.26. The SMILES string of the molecule is CCNC(C)CC(=O)N[C@H](C)c1ccc(Br)cc1. The molecule has 2 atom stereocenters. The molecule has 18 heavy (non-hydrogen) atoms. The molecule has 1 unspecified atom stereocenters. The summed E-state index contributed by atoms with van der Waals surface area (Å²) in [5.41, 5.74) is 1.11. The van der Waals surface area contributed by atoms with Crippen LogP contribution in [0.25, 0.3) is 0 Å². The van der Waals surface area contributed by atoms with E-state index in [2.05, 4.69) is 26.6 Å². The molecular weight excluding hydrogens is 292 g/mol. The quantitative estimate of drug-likeness (QED) is 0.847. The van der Waals surface area contributed by atoms with Gasteiger partial charge in [0.05, 0.1) is 6.04 Å². The lowest BCUT2D eigenvalue weighted by atomic mass is 10.1. The fourth-order valence-electron chi connectivity index (χ4n) is 1.83. The van der Waals surface area contributed by atoms with E-state index in [4.69, 9.17) is 0 Å². The molecule has 1 amide bonds. The molecule has 1 aromatic carbocycles. The lowest BCUT2D eigenvalue weighted by Gasteiger charge is -2.17. The summed E-state index contributed by atoms with van der Waals surface area (Å²) in [4.78, 5) is 11.8. The van der Waals surface area contributed by atoms with Crippen LogP contribution in [0.5, 0.6) is 0 Å². The molecule has 3 nitrogen and oxygen atoms in total. The number of carbonyl (C=O) groups is 1. The highest BCUT2D eigenvalue weighted by atomic mass is 79.9. The maximum atomic E-state index is 11.8. The molecule has 0 aliphatic carbocycles. The smallest absolute Gasteiger partial charge is 0.222 e. The predicted octanol–water partition coefficient (Wildman–Crippen LogP) is 3.01. The molecule has 0 aromatic heterocycles. The van der Waals surface area contributed by atoms with Gasteiger partial charge in [0.25, 0.3) is 0 Å². The molecule has 0 saturated heterocycles. The number of hydrogen-bond acceptors (Lipinski definition) is 2. The number of amides is 1. The van der Waals surface area contributed by atoms with Crippen molar-refractivity contribution in [2.75, 3.05) is 6.54 Å². The number of halogens is 1. The molecule has 0 aliphatic rings. The van der Waals surface area contributed by atoms with Crippen LogP contribution >= 0.6 is 15.9 Å². The highest BCUT2D eigenvalue weighted by molar-refractivity contribution is 9.10. The Morgan fingerprint density at radius 3 is 2.44 bits per heavy atom. The summed E-state index contributed by atoms with van der Waals surface area (Å²) < 4.78 is 1.05. The van der Waals surface area contributed by atoms with Crippen molar-refractivity contribution in [1.29, 1.82) is 0 Å². The second-order valence-corrected chi connectivity index (χ2v) is 5.42. The van der Waals surface area contributed by atoms with E-state index in [9.17, 15) is 4.79 Å². The molecule has 100 valence electrons. The van der Waals surface area contributed by atoms with Gasteiger partial charge in [0.1, 0.15) is 0 Å². The van der Waals surface area contributed by atoms with Crippen LogP contribution in [0.2, 0.25) is 0 Å². The van der Waals surface area contributed by atoms with Gasteiger partial charge in [-0.3, -0.25) is 4.79 Å². The van der Waals surface area contributed by atoms with Crippen molar-refractivity contribution < 1.29 is 4.79 Å². The number of rotatable bonds is 6. The lowest BCUT2D eigenvalue weighted by molar-refractivity contribution is -0.122. The Bertz CT molecular complexity index is 378. The van der Waals surface area contributed by atoms with E-state index in [0.717, 1.165) is 16.6 Å². The van der Waals surface area contributed by atoms with Crippen molar-refractivity contribution in [3.63, 3.8) is 0 Å². The summed E-state index contributed by atoms with van der Waals surface area (Å²) in [6.45, 7) is 6.95. The topological polar surface area (TPSA) is 41.1 Å². The molecule has 1 rings (SSSR count). The minimum absolute atomic E-state index is 0.0411. The summed E-state index contributed by atoms with van der Waals surface area (Å²) >= 11 is 3.40. The Hall–Kier alpha value is -0.870. The summed E-state index contributed by atoms with van der Waals surface area (Å²) in [7, 11) is 0. The van der Waals surface area contributed by atoms with Crippen molar-refractivity contribution in [3.8, 4) is 0 Å². The minimum Gasteiger partial charge on any atom is -0.350 e. The first-order valence-electron chi connectivity index (χ1n) is 6.31. The van der Waals surface area contributed by atoms with Crippen molar-refractivity contribution in [2.24, 2.45) is 0 Å². The van der Waals surface area contributed by atoms with Crippen molar-refractivity contribution in [3.05, 3.63) is 34.3 Å². The minimum atomic E-state index is 0.0411. The van der Waals surface area contributed by atoms with Gasteiger partial charge in [-0.2, -0.15) is 0 Å². The fraction of sp³-hybridized carbons (Fsp3) is 0.500. The normalized spacial score (nSPS) is 14.0. The van der Waals surface area contributed by atoms with Crippen molar-refractivity contribution in [2.45, 2.75) is 39.3 Å². The maximum Gasteiger partial charge on any atom is 0.222 e. The van der Waals surface area contributed by atoms with Gasteiger partial charge in [0.15, 0.2) is 0 Å². The van der Waals surface area contributed by atoms with E-state index in [-0.39, 0.29) is 18.0 Å². The van der Waals surface area contributed by atoms with Gasteiger partial charge >= 0.3 is 0 Å². The van der Waals surface area contributed by atoms with Crippen LogP contribution in [-0.4, -0.2) is 18.5 Å². The van der Waals surface area contributed by atoms with E-state index < -0.39 is 0 Å². The molecule has 2 N–H and O–H groups in total. The largest absolute Gasteiger partial charge is 0.350 e. The summed E-state index contributed by atoms with van der Waals surface area (Å²) in [5, 5.41) is 6.24. The average Bonchev–Trinajstić information content (AvgIpc) is 2.29. The molecule has 0 aliphatic heterocycles. The summed E-state index contributed by atoms with van der Waals surface area (Å²) in [5.74, 6) is 0.0823. The van der Waals surface area contributed by atoms with Gasteiger partial charge < -0.3 is 10.6 Å². The van der Waals surface area contributed by atoms with Gasteiger partial charge in [-0.15, -0.1) is 0 Å². The zero-order valence-corrected chi connectivity index (χ0v) is 12.8. The number of carbonyl (C=O) groups excluding carboxylic acids is 1. The Labute approximate surface area is 117 Å². The lowest BCUT2D eigenvalue weighted by Crippen LogP contribution is -2.34. The highest BCUT2D eigenvalue weighted by Gasteiger charge is 2.12. The molecule has 0 saturated carbocycles. The molecule has 0 bridgehead atoms. The van der Waals surface area contributed by atoms with E-state index in [1.54, 1.807) is 0 Å². The van der Waals surface area contributed by atoms with Crippen LogP contribution < -0.4 is 10.6 Å². The number of nitrogens with one attached hydrogen (secondary N) is 2. The Balaban J connectivity index is 2.46. The Morgan fingerprint density at radius 2 is 1.89 bits per heavy atom. The van der Waals surface area contributed by atoms with E-state index in [1.807, 2.05) is 45.0 Å². The second-order valence-electron chi connectivity index (χ2n) is 4.50. The first-order valence-corrected chi connectivity index (χ1v) is 7.10. The van der Waals surface area contributed by atoms with E-state index in [0.29, 0.717) is 6.42 Å². The zero-order valence-electron chi connectivity index (χ0n) is 11.2. The van der Waals surface area contributed by atoms with E-state index in [1.165, 1.54) is 0 Å². The number of hydrogen-bond donors (Lipinski definition) is 2. The third-order valence-electron chi connectivity index (χ3n) is 2.79. The first kappa shape index (κ1) is 15.2. The molecule has 0 heterocycles. The van der Waals surface area contributed by atoms with Gasteiger partial charge in [0, 0.05) is 16.9 Å². The summed E-state index contributed by atoms with van der Waals surface area (Å²) in [6.07, 6.45) is 0.509. The molecule has 4 heteroatoms. The molecule has 1 aromatic rings. The standard InChI is InChI=1S/C14H21BrN2O/c1-4-16-10(2)9-14(18)17-11(3)12-5-7-13(15)8-6-12/h5-8,10-11,16H,4,9H2,1-3H3,(H,17,18)/t10?,11-/m1/s1. The van der Waals surface area contributed by atoms with Crippen LogP contribution in [0.3, 0.4) is 0 Å². The predicted molar refractivity (Wildman–Crippen MR) is 78.5 cm³/mol. The van der Waals surface area contributed by atoms with Gasteiger partial charge in [-0.1, -0.05) is 35.0 Å². The van der Waals surface area contributed by atoms with Gasteiger partial charge in [-0.25, -0.2) is 0 Å². The van der Waals surface area contributed by atoms with Crippen LogP contribution in [0.4, 0.5) is 0 Å². The third-order valence-corrected chi connectivity index (χ3v) is 3.32. The monoisotopic (exact) mass is 312 g/mol. The Kier molecular flexibility index (Phi) is 6.36.